The van der Waals surface area contributed by atoms with Crippen molar-refractivity contribution in [2.45, 2.75) is 44.3 Å². The average Bonchev–Trinajstić information content (AvgIpc) is 3.30. The van der Waals surface area contributed by atoms with E-state index in [4.69, 9.17) is 22.3 Å². The van der Waals surface area contributed by atoms with Gasteiger partial charge in [-0.2, -0.15) is 0 Å². The summed E-state index contributed by atoms with van der Waals surface area (Å²) in [5, 5.41) is 24.8. The Morgan fingerprint density at radius 2 is 2.04 bits per heavy atom. The van der Waals surface area contributed by atoms with E-state index < -0.39 is 7.12 Å². The maximum absolute atomic E-state index is 12.7. The van der Waals surface area contributed by atoms with Crippen LogP contribution < -0.4 is 16.1 Å². The molecule has 2 aliphatic heterocycles. The zero-order valence-corrected chi connectivity index (χ0v) is 15.0. The standard InChI is InChI=1S/C17H24BN3O3S/c22-17(14-3-1-9-19-14)21-10-2-4-15(21)16(25)20-11-12-5-7-13(8-6-12)18(23)24/h5-8,14-15,19,23-24H,1-4,9-11H2,(H,20,25)/t14-,15-/m0/s1. The van der Waals surface area contributed by atoms with Crippen molar-refractivity contribution in [3.63, 3.8) is 0 Å². The number of carbonyl (C=O) groups excluding carboxylic acids is 1. The summed E-state index contributed by atoms with van der Waals surface area (Å²) in [6.07, 6.45) is 3.84. The number of hydrogen-bond donors (Lipinski definition) is 4. The summed E-state index contributed by atoms with van der Waals surface area (Å²) < 4.78 is 0. The normalized spacial score (nSPS) is 22.9. The molecule has 0 radical (unpaired) electrons. The van der Waals surface area contributed by atoms with E-state index in [1.807, 2.05) is 17.0 Å². The molecule has 8 heteroatoms. The maximum Gasteiger partial charge on any atom is 0.488 e. The van der Waals surface area contributed by atoms with Crippen molar-refractivity contribution in [1.29, 1.82) is 0 Å². The van der Waals surface area contributed by atoms with Gasteiger partial charge in [-0.3, -0.25) is 4.79 Å². The topological polar surface area (TPSA) is 84.8 Å². The molecule has 3 rings (SSSR count). The molecule has 2 fully saturated rings. The van der Waals surface area contributed by atoms with Gasteiger partial charge in [-0.15, -0.1) is 0 Å². The second-order valence-corrected chi connectivity index (χ2v) is 7.11. The molecule has 4 N–H and O–H groups in total. The molecule has 2 heterocycles. The van der Waals surface area contributed by atoms with Crippen molar-refractivity contribution in [2.24, 2.45) is 0 Å². The molecule has 0 spiro atoms. The van der Waals surface area contributed by atoms with Crippen LogP contribution >= 0.6 is 12.2 Å². The number of carbonyl (C=O) groups is 1. The molecule has 2 aliphatic rings. The van der Waals surface area contributed by atoms with Crippen LogP contribution in [0.15, 0.2) is 24.3 Å². The predicted molar refractivity (Wildman–Crippen MR) is 101 cm³/mol. The van der Waals surface area contributed by atoms with Gasteiger partial charge in [-0.05, 0) is 43.3 Å². The van der Waals surface area contributed by atoms with Crippen LogP contribution in [0, 0.1) is 0 Å². The predicted octanol–water partition coefficient (Wildman–Crippen LogP) is -0.474. The van der Waals surface area contributed by atoms with Gasteiger partial charge in [0, 0.05) is 13.1 Å². The van der Waals surface area contributed by atoms with Gasteiger partial charge < -0.3 is 25.6 Å². The van der Waals surface area contributed by atoms with Gasteiger partial charge in [0.2, 0.25) is 5.91 Å². The van der Waals surface area contributed by atoms with Crippen LogP contribution in [0.4, 0.5) is 0 Å². The van der Waals surface area contributed by atoms with Gasteiger partial charge in [-0.1, -0.05) is 36.5 Å². The largest absolute Gasteiger partial charge is 0.488 e. The van der Waals surface area contributed by atoms with Crippen molar-refractivity contribution >= 4 is 35.7 Å². The summed E-state index contributed by atoms with van der Waals surface area (Å²) in [6, 6.07) is 6.96. The fraction of sp³-hybridized carbons (Fsp3) is 0.529. The molecule has 134 valence electrons. The van der Waals surface area contributed by atoms with E-state index in [2.05, 4.69) is 10.6 Å². The summed E-state index contributed by atoms with van der Waals surface area (Å²) in [6.45, 7) is 2.24. The first-order chi connectivity index (χ1) is 12.1. The van der Waals surface area contributed by atoms with Crippen LogP contribution in [-0.2, 0) is 11.3 Å². The number of rotatable bonds is 5. The van der Waals surface area contributed by atoms with E-state index in [-0.39, 0.29) is 18.0 Å². The van der Waals surface area contributed by atoms with E-state index in [1.165, 1.54) is 0 Å². The first-order valence-corrected chi connectivity index (χ1v) is 9.23. The van der Waals surface area contributed by atoms with Crippen LogP contribution in [0.2, 0.25) is 0 Å². The highest BCUT2D eigenvalue weighted by Crippen LogP contribution is 2.21. The second-order valence-electron chi connectivity index (χ2n) is 6.67. The molecule has 1 amide bonds. The molecule has 0 bridgehead atoms. The number of nitrogens with one attached hydrogen (secondary N) is 2. The minimum atomic E-state index is -1.45. The maximum atomic E-state index is 12.7. The smallest absolute Gasteiger partial charge is 0.423 e. The minimum Gasteiger partial charge on any atom is -0.423 e. The Morgan fingerprint density at radius 3 is 2.68 bits per heavy atom. The molecule has 1 aromatic carbocycles. The third-order valence-corrected chi connectivity index (χ3v) is 5.36. The lowest BCUT2D eigenvalue weighted by atomic mass is 9.80. The first-order valence-electron chi connectivity index (χ1n) is 8.83. The monoisotopic (exact) mass is 361 g/mol. The zero-order valence-electron chi connectivity index (χ0n) is 14.1. The molecule has 0 aromatic heterocycles. The lowest BCUT2D eigenvalue weighted by molar-refractivity contribution is -0.132. The lowest BCUT2D eigenvalue weighted by Crippen LogP contribution is -2.50. The fourth-order valence-corrected chi connectivity index (χ4v) is 3.83. The van der Waals surface area contributed by atoms with E-state index in [9.17, 15) is 4.79 Å². The minimum absolute atomic E-state index is 0.0246. The van der Waals surface area contributed by atoms with E-state index >= 15 is 0 Å². The van der Waals surface area contributed by atoms with E-state index in [0.29, 0.717) is 17.0 Å². The fourth-order valence-electron chi connectivity index (χ4n) is 3.51. The van der Waals surface area contributed by atoms with E-state index in [1.54, 1.807) is 12.1 Å². The Hall–Kier alpha value is -1.48. The Bertz CT molecular complexity index is 620. The van der Waals surface area contributed by atoms with Gasteiger partial charge in [0.15, 0.2) is 0 Å². The summed E-state index contributed by atoms with van der Waals surface area (Å²) in [7, 11) is -1.45. The molecule has 1 aromatic rings. The molecule has 0 unspecified atom stereocenters. The second kappa shape index (κ2) is 8.27. The molecule has 25 heavy (non-hydrogen) atoms. The Labute approximate surface area is 153 Å². The number of benzene rings is 1. The third-order valence-electron chi connectivity index (χ3n) is 4.94. The molecule has 2 saturated heterocycles. The van der Waals surface area contributed by atoms with E-state index in [0.717, 1.165) is 44.3 Å². The van der Waals surface area contributed by atoms with Gasteiger partial charge in [0.05, 0.1) is 17.1 Å². The number of nitrogens with zero attached hydrogens (tertiary/aromatic N) is 1. The van der Waals surface area contributed by atoms with Crippen molar-refractivity contribution in [3.05, 3.63) is 29.8 Å². The lowest BCUT2D eigenvalue weighted by Gasteiger charge is -2.28. The van der Waals surface area contributed by atoms with Crippen molar-refractivity contribution < 1.29 is 14.8 Å². The summed E-state index contributed by atoms with van der Waals surface area (Å²) >= 11 is 5.55. The highest BCUT2D eigenvalue weighted by molar-refractivity contribution is 7.80. The highest BCUT2D eigenvalue weighted by atomic mass is 32.1. The Kier molecular flexibility index (Phi) is 6.06. The molecular weight excluding hydrogens is 337 g/mol. The van der Waals surface area contributed by atoms with Crippen LogP contribution in [0.3, 0.4) is 0 Å². The molecule has 6 nitrogen and oxygen atoms in total. The first kappa shape index (κ1) is 18.3. The van der Waals surface area contributed by atoms with Crippen LogP contribution in [-0.4, -0.2) is 58.1 Å². The molecule has 0 aliphatic carbocycles. The quantitative estimate of drug-likeness (QED) is 0.419. The van der Waals surface area contributed by atoms with Gasteiger partial charge in [0.1, 0.15) is 0 Å². The number of likely N-dealkylation sites (tertiary alicyclic amines) is 1. The van der Waals surface area contributed by atoms with Crippen molar-refractivity contribution in [3.8, 4) is 0 Å². The third kappa shape index (κ3) is 4.38. The molecular formula is C17H24BN3O3S. The van der Waals surface area contributed by atoms with Crippen molar-refractivity contribution in [1.82, 2.24) is 15.5 Å². The van der Waals surface area contributed by atoms with Crippen molar-refractivity contribution in [2.75, 3.05) is 13.1 Å². The van der Waals surface area contributed by atoms with Gasteiger partial charge in [0.25, 0.3) is 0 Å². The van der Waals surface area contributed by atoms with Crippen LogP contribution in [0.1, 0.15) is 31.2 Å². The molecule has 2 atom stereocenters. The van der Waals surface area contributed by atoms with Crippen LogP contribution in [0.25, 0.3) is 0 Å². The Balaban J connectivity index is 1.55. The number of amides is 1. The SMILES string of the molecule is O=C([C@@H]1CCCN1)N1CCC[C@H]1C(=S)NCc1ccc(B(O)O)cc1. The molecule has 0 saturated carbocycles. The number of thiocarbonyl (C=S) groups is 1. The number of hydrogen-bond acceptors (Lipinski definition) is 5. The summed E-state index contributed by atoms with van der Waals surface area (Å²) in [5.41, 5.74) is 1.46. The Morgan fingerprint density at radius 1 is 1.28 bits per heavy atom. The van der Waals surface area contributed by atoms with Gasteiger partial charge >= 0.3 is 7.12 Å². The van der Waals surface area contributed by atoms with Gasteiger partial charge in [-0.25, -0.2) is 0 Å². The average molecular weight is 361 g/mol. The summed E-state index contributed by atoms with van der Waals surface area (Å²) in [5.74, 6) is 0.172. The summed E-state index contributed by atoms with van der Waals surface area (Å²) in [4.78, 5) is 15.3. The highest BCUT2D eigenvalue weighted by Gasteiger charge is 2.36. The zero-order chi connectivity index (χ0) is 17.8. The van der Waals surface area contributed by atoms with Crippen LogP contribution in [0.5, 0.6) is 0 Å².